The summed E-state index contributed by atoms with van der Waals surface area (Å²) in [6.45, 7) is 10.6. The lowest BCUT2D eigenvalue weighted by Crippen LogP contribution is -2.38. The van der Waals surface area contributed by atoms with Crippen LogP contribution in [0.4, 0.5) is 20.7 Å². The molecule has 1 aliphatic heterocycles. The van der Waals surface area contributed by atoms with Crippen molar-refractivity contribution < 1.29 is 23.5 Å². The first-order valence-electron chi connectivity index (χ1n) is 13.4. The number of fused-ring (bicyclic) bond motifs is 1. The number of hydrogen-bond donors (Lipinski definition) is 1. The van der Waals surface area contributed by atoms with Gasteiger partial charge in [-0.1, -0.05) is 6.08 Å². The number of esters is 1. The van der Waals surface area contributed by atoms with Gasteiger partial charge in [0.2, 0.25) is 0 Å². The predicted octanol–water partition coefficient (Wildman–Crippen LogP) is 4.39. The van der Waals surface area contributed by atoms with Crippen LogP contribution in [-0.4, -0.2) is 63.0 Å². The monoisotopic (exact) mass is 551 g/mol. The molecule has 2 fully saturated rings. The third-order valence-electron chi connectivity index (χ3n) is 6.76. The number of hydrogen-bond acceptors (Lipinski definition) is 9. The Bertz CT molecular complexity index is 1460. The standard InChI is InChI=1S/C28H34FN7O4/c1-6-39-25(37)20-15-31-34-12-9-23(33-24(20)34)36-17-28(10-11-28)16-35(36)22-13-19(29)14-30-21(22)8-7-18(2)32-26(38)40-27(3,4)5/h7-9,12-15,18H,6,10-11,16-17H2,1-5H3,(H,32,38)/b8-7+/t18-/m1/s1. The van der Waals surface area contributed by atoms with Gasteiger partial charge in [-0.25, -0.2) is 23.5 Å². The van der Waals surface area contributed by atoms with Crippen LogP contribution in [0.25, 0.3) is 11.7 Å². The van der Waals surface area contributed by atoms with Gasteiger partial charge in [-0.3, -0.25) is 15.0 Å². The number of nitrogens with one attached hydrogen (secondary N) is 1. The molecule has 1 aliphatic carbocycles. The molecule has 1 N–H and O–H groups in total. The number of rotatable bonds is 7. The lowest BCUT2D eigenvalue weighted by atomic mass is 10.1. The number of halogens is 1. The SMILES string of the molecule is CCOC(=O)c1cnn2ccc(N3CC4(CC4)CN3c3cc(F)cnc3/C=C/[C@@H](C)NC(=O)OC(C)(C)C)nc12. The summed E-state index contributed by atoms with van der Waals surface area (Å²) in [5.41, 5.74) is 1.23. The first kappa shape index (κ1) is 27.4. The van der Waals surface area contributed by atoms with Crippen LogP contribution >= 0.6 is 0 Å². The van der Waals surface area contributed by atoms with Gasteiger partial charge in [-0.05, 0) is 53.5 Å². The zero-order chi connectivity index (χ0) is 28.7. The Morgan fingerprint density at radius 2 is 1.98 bits per heavy atom. The topological polar surface area (TPSA) is 114 Å². The molecule has 5 rings (SSSR count). The number of amides is 1. The highest BCUT2D eigenvalue weighted by Gasteiger charge is 2.52. The Kier molecular flexibility index (Phi) is 7.11. The number of aromatic nitrogens is 4. The molecule has 12 heteroatoms. The second-order valence-corrected chi connectivity index (χ2v) is 11.3. The summed E-state index contributed by atoms with van der Waals surface area (Å²) in [5.74, 6) is -0.357. The van der Waals surface area contributed by atoms with E-state index in [2.05, 4.69) is 15.4 Å². The van der Waals surface area contributed by atoms with Crippen LogP contribution in [0.5, 0.6) is 0 Å². The smallest absolute Gasteiger partial charge is 0.408 e. The van der Waals surface area contributed by atoms with Crippen LogP contribution < -0.4 is 15.3 Å². The molecule has 1 spiro atoms. The molecule has 40 heavy (non-hydrogen) atoms. The fourth-order valence-corrected chi connectivity index (χ4v) is 4.68. The largest absolute Gasteiger partial charge is 0.462 e. The van der Waals surface area contributed by atoms with Crippen LogP contribution in [0.2, 0.25) is 0 Å². The van der Waals surface area contributed by atoms with Crippen molar-refractivity contribution in [3.63, 3.8) is 0 Å². The average Bonchev–Trinajstić information content (AvgIpc) is 3.33. The van der Waals surface area contributed by atoms with Crippen molar-refractivity contribution in [3.05, 3.63) is 53.9 Å². The zero-order valence-corrected chi connectivity index (χ0v) is 23.3. The molecule has 2 aliphatic rings. The third-order valence-corrected chi connectivity index (χ3v) is 6.76. The van der Waals surface area contributed by atoms with Gasteiger partial charge in [0.25, 0.3) is 0 Å². The number of hydrazine groups is 1. The van der Waals surface area contributed by atoms with Gasteiger partial charge >= 0.3 is 12.1 Å². The Balaban J connectivity index is 1.45. The van der Waals surface area contributed by atoms with E-state index in [1.54, 1.807) is 46.0 Å². The second kappa shape index (κ2) is 10.4. The predicted molar refractivity (Wildman–Crippen MR) is 147 cm³/mol. The van der Waals surface area contributed by atoms with E-state index in [9.17, 15) is 14.0 Å². The van der Waals surface area contributed by atoms with Crippen molar-refractivity contribution in [2.24, 2.45) is 5.41 Å². The highest BCUT2D eigenvalue weighted by molar-refractivity contribution is 5.95. The number of carbonyl (C=O) groups is 2. The van der Waals surface area contributed by atoms with Gasteiger partial charge in [0.15, 0.2) is 11.5 Å². The number of anilines is 2. The van der Waals surface area contributed by atoms with Crippen LogP contribution in [0, 0.1) is 11.2 Å². The Hall–Kier alpha value is -4.22. The molecule has 4 heterocycles. The number of pyridine rings is 1. The van der Waals surface area contributed by atoms with E-state index < -0.39 is 23.5 Å². The molecule has 0 bridgehead atoms. The summed E-state index contributed by atoms with van der Waals surface area (Å²) in [6, 6.07) is 2.92. The summed E-state index contributed by atoms with van der Waals surface area (Å²) in [7, 11) is 0. The van der Waals surface area contributed by atoms with E-state index in [0.717, 1.165) is 12.8 Å². The fourth-order valence-electron chi connectivity index (χ4n) is 4.68. The zero-order valence-electron chi connectivity index (χ0n) is 23.3. The van der Waals surface area contributed by atoms with E-state index in [4.69, 9.17) is 14.5 Å². The molecule has 212 valence electrons. The first-order valence-corrected chi connectivity index (χ1v) is 13.4. The van der Waals surface area contributed by atoms with Crippen molar-refractivity contribution >= 4 is 35.3 Å². The third kappa shape index (κ3) is 5.85. The Morgan fingerprint density at radius 3 is 2.67 bits per heavy atom. The highest BCUT2D eigenvalue weighted by atomic mass is 19.1. The highest BCUT2D eigenvalue weighted by Crippen LogP contribution is 2.52. The summed E-state index contributed by atoms with van der Waals surface area (Å²) in [4.78, 5) is 33.8. The molecule has 0 unspecified atom stereocenters. The van der Waals surface area contributed by atoms with E-state index in [1.165, 1.54) is 23.0 Å². The lowest BCUT2D eigenvalue weighted by molar-refractivity contribution is 0.0511. The maximum atomic E-state index is 14.6. The van der Waals surface area contributed by atoms with E-state index >= 15 is 0 Å². The van der Waals surface area contributed by atoms with Crippen LogP contribution in [0.15, 0.2) is 36.8 Å². The Labute approximate surface area is 231 Å². The van der Waals surface area contributed by atoms with Crippen LogP contribution in [-0.2, 0) is 9.47 Å². The fraction of sp³-hybridized carbons (Fsp3) is 0.464. The average molecular weight is 552 g/mol. The molecule has 1 saturated heterocycles. The lowest BCUT2D eigenvalue weighted by Gasteiger charge is -2.31. The number of nitrogens with zero attached hydrogens (tertiary/aromatic N) is 6. The second-order valence-electron chi connectivity index (χ2n) is 11.3. The molecule has 3 aromatic rings. The van der Waals surface area contributed by atoms with E-state index in [-0.39, 0.29) is 23.6 Å². The summed E-state index contributed by atoms with van der Waals surface area (Å²) in [5, 5.41) is 11.0. The summed E-state index contributed by atoms with van der Waals surface area (Å²) in [6.07, 6.45) is 9.47. The van der Waals surface area contributed by atoms with E-state index in [0.29, 0.717) is 35.9 Å². The van der Waals surface area contributed by atoms with Gasteiger partial charge in [0.05, 0.1) is 30.4 Å². The summed E-state index contributed by atoms with van der Waals surface area (Å²) < 4.78 is 26.6. The van der Waals surface area contributed by atoms with Gasteiger partial charge in [-0.2, -0.15) is 5.10 Å². The molecule has 0 radical (unpaired) electrons. The molecule has 1 amide bonds. The molecule has 1 saturated carbocycles. The maximum absolute atomic E-state index is 14.6. The maximum Gasteiger partial charge on any atom is 0.408 e. The first-order chi connectivity index (χ1) is 19.0. The van der Waals surface area contributed by atoms with Gasteiger partial charge in [-0.15, -0.1) is 0 Å². The van der Waals surface area contributed by atoms with Gasteiger partial charge < -0.3 is 14.8 Å². The van der Waals surface area contributed by atoms with Crippen molar-refractivity contribution in [2.75, 3.05) is 29.7 Å². The quantitative estimate of drug-likeness (QED) is 0.427. The molecule has 11 nitrogen and oxygen atoms in total. The summed E-state index contributed by atoms with van der Waals surface area (Å²) >= 11 is 0. The minimum absolute atomic E-state index is 0.0664. The molecule has 1 atom stereocenters. The number of ether oxygens (including phenoxy) is 2. The molecule has 3 aromatic heterocycles. The van der Waals surface area contributed by atoms with Gasteiger partial charge in [0, 0.05) is 42.9 Å². The van der Waals surface area contributed by atoms with Crippen molar-refractivity contribution in [3.8, 4) is 0 Å². The van der Waals surface area contributed by atoms with Crippen molar-refractivity contribution in [1.82, 2.24) is 24.9 Å². The van der Waals surface area contributed by atoms with Gasteiger partial charge in [0.1, 0.15) is 17.0 Å². The van der Waals surface area contributed by atoms with E-state index in [1.807, 2.05) is 23.0 Å². The Morgan fingerprint density at radius 1 is 1.23 bits per heavy atom. The minimum atomic E-state index is -0.609. The molecular formula is C28H34FN7O4. The number of alkyl carbamates (subject to hydrolysis) is 1. The van der Waals surface area contributed by atoms with Crippen molar-refractivity contribution in [2.45, 2.75) is 59.1 Å². The minimum Gasteiger partial charge on any atom is -0.462 e. The molecule has 0 aromatic carbocycles. The van der Waals surface area contributed by atoms with Crippen LogP contribution in [0.3, 0.4) is 0 Å². The van der Waals surface area contributed by atoms with Crippen molar-refractivity contribution in [1.29, 1.82) is 0 Å². The normalized spacial score (nSPS) is 17.1. The van der Waals surface area contributed by atoms with Crippen LogP contribution in [0.1, 0.15) is 63.5 Å². The number of carbonyl (C=O) groups excluding carboxylic acids is 2. The molecular weight excluding hydrogens is 517 g/mol.